The molecule has 27 heavy (non-hydrogen) atoms. The molecule has 5 nitrogen and oxygen atoms in total. The van der Waals surface area contributed by atoms with Crippen molar-refractivity contribution < 1.29 is 4.79 Å². The van der Waals surface area contributed by atoms with Gasteiger partial charge < -0.3 is 5.73 Å². The molecule has 0 aliphatic rings. The van der Waals surface area contributed by atoms with Crippen LogP contribution in [0.1, 0.15) is 18.9 Å². The highest BCUT2D eigenvalue weighted by Gasteiger charge is 2.22. The molecule has 0 radical (unpaired) electrons. The number of fused-ring (bicyclic) bond motifs is 1. The number of aromatic nitrogens is 2. The zero-order valence-electron chi connectivity index (χ0n) is 14.9. The number of rotatable bonds is 7. The van der Waals surface area contributed by atoms with E-state index in [2.05, 4.69) is 4.98 Å². The van der Waals surface area contributed by atoms with Crippen molar-refractivity contribution in [3.05, 3.63) is 69.5 Å². The number of carbonyl (C=O) groups excluding carboxylic acids is 1. The van der Waals surface area contributed by atoms with Crippen molar-refractivity contribution >= 4 is 40.2 Å². The average molecular weight is 402 g/mol. The third-order valence-corrected chi connectivity index (χ3v) is 5.60. The lowest BCUT2D eigenvalue weighted by atomic mass is 10.1. The van der Waals surface area contributed by atoms with E-state index in [4.69, 9.17) is 17.3 Å². The molecule has 0 aliphatic heterocycles. The van der Waals surface area contributed by atoms with Crippen LogP contribution in [0.3, 0.4) is 0 Å². The van der Waals surface area contributed by atoms with Gasteiger partial charge in [-0.1, -0.05) is 60.6 Å². The average Bonchev–Trinajstić information content (AvgIpc) is 2.64. The summed E-state index contributed by atoms with van der Waals surface area (Å²) < 4.78 is 1.61. The van der Waals surface area contributed by atoms with Crippen LogP contribution in [0.4, 0.5) is 0 Å². The molecular formula is C20H20ClN3O2S. The molecule has 1 amide bonds. The van der Waals surface area contributed by atoms with Gasteiger partial charge in [0.2, 0.25) is 5.91 Å². The van der Waals surface area contributed by atoms with Crippen LogP contribution in [0.15, 0.2) is 58.5 Å². The number of hydrogen-bond acceptors (Lipinski definition) is 4. The van der Waals surface area contributed by atoms with Crippen LogP contribution in [-0.2, 0) is 17.8 Å². The molecule has 0 saturated heterocycles. The van der Waals surface area contributed by atoms with Crippen molar-refractivity contribution in [3.63, 3.8) is 0 Å². The maximum absolute atomic E-state index is 12.9. The van der Waals surface area contributed by atoms with Crippen LogP contribution in [0, 0.1) is 0 Å². The summed E-state index contributed by atoms with van der Waals surface area (Å²) in [6, 6.07) is 14.7. The number of thioether (sulfide) groups is 1. The zero-order valence-corrected chi connectivity index (χ0v) is 16.5. The van der Waals surface area contributed by atoms with E-state index >= 15 is 0 Å². The fourth-order valence-electron chi connectivity index (χ4n) is 2.84. The number of primary amides is 1. The third kappa shape index (κ3) is 4.51. The smallest absolute Gasteiger partial charge is 0.262 e. The topological polar surface area (TPSA) is 78.0 Å². The molecule has 2 aromatic carbocycles. The van der Waals surface area contributed by atoms with E-state index < -0.39 is 11.2 Å². The summed E-state index contributed by atoms with van der Waals surface area (Å²) in [5.74, 6) is -0.438. The highest BCUT2D eigenvalue weighted by molar-refractivity contribution is 8.00. The summed E-state index contributed by atoms with van der Waals surface area (Å²) in [6.45, 7) is 2.51. The summed E-state index contributed by atoms with van der Waals surface area (Å²) in [7, 11) is 0. The minimum absolute atomic E-state index is 0.135. The third-order valence-electron chi connectivity index (χ3n) is 4.16. The van der Waals surface area contributed by atoms with E-state index in [1.54, 1.807) is 22.8 Å². The molecule has 1 atom stereocenters. The molecule has 0 saturated carbocycles. The Balaban J connectivity index is 2.03. The molecule has 1 aromatic heterocycles. The molecule has 1 heterocycles. The van der Waals surface area contributed by atoms with Gasteiger partial charge in [0, 0.05) is 11.6 Å². The molecule has 3 rings (SSSR count). The molecule has 0 spiro atoms. The molecule has 3 aromatic rings. The lowest BCUT2D eigenvalue weighted by Crippen LogP contribution is -2.30. The predicted molar refractivity (Wildman–Crippen MR) is 110 cm³/mol. The Bertz CT molecular complexity index is 1020. The van der Waals surface area contributed by atoms with Crippen LogP contribution in [0.25, 0.3) is 10.9 Å². The summed E-state index contributed by atoms with van der Waals surface area (Å²) in [6.07, 6.45) is 1.24. The van der Waals surface area contributed by atoms with Crippen molar-refractivity contribution in [2.75, 3.05) is 0 Å². The van der Waals surface area contributed by atoms with Crippen molar-refractivity contribution in [1.29, 1.82) is 0 Å². The fraction of sp³-hybridized carbons (Fsp3) is 0.250. The number of nitrogens with two attached hydrogens (primary N) is 1. The zero-order chi connectivity index (χ0) is 19.4. The monoisotopic (exact) mass is 401 g/mol. The van der Waals surface area contributed by atoms with E-state index in [-0.39, 0.29) is 5.56 Å². The Morgan fingerprint density at radius 1 is 1.26 bits per heavy atom. The van der Waals surface area contributed by atoms with Gasteiger partial charge in [-0.25, -0.2) is 4.98 Å². The van der Waals surface area contributed by atoms with Crippen molar-refractivity contribution in [2.24, 2.45) is 5.73 Å². The minimum Gasteiger partial charge on any atom is -0.369 e. The number of benzene rings is 2. The van der Waals surface area contributed by atoms with Crippen LogP contribution in [0.2, 0.25) is 5.02 Å². The van der Waals surface area contributed by atoms with Gasteiger partial charge in [-0.3, -0.25) is 14.2 Å². The molecule has 2 N–H and O–H groups in total. The molecule has 0 fully saturated rings. The standard InChI is InChI=1S/C20H20ClN3O2S/c1-2-10-24-19(26)15-9-8-14(21)12-16(15)23-20(24)27-17(18(22)25)11-13-6-4-3-5-7-13/h3-9,12,17H,2,10-11H2,1H3,(H2,22,25). The van der Waals surface area contributed by atoms with Crippen LogP contribution < -0.4 is 11.3 Å². The van der Waals surface area contributed by atoms with Gasteiger partial charge >= 0.3 is 0 Å². The highest BCUT2D eigenvalue weighted by Crippen LogP contribution is 2.26. The Kier molecular flexibility index (Phi) is 6.19. The number of hydrogen-bond donors (Lipinski definition) is 1. The van der Waals surface area contributed by atoms with E-state index in [9.17, 15) is 9.59 Å². The van der Waals surface area contributed by atoms with Gasteiger partial charge in [-0.15, -0.1) is 0 Å². The maximum Gasteiger partial charge on any atom is 0.262 e. The Morgan fingerprint density at radius 2 is 2.00 bits per heavy atom. The highest BCUT2D eigenvalue weighted by atomic mass is 35.5. The Morgan fingerprint density at radius 3 is 2.67 bits per heavy atom. The van der Waals surface area contributed by atoms with Gasteiger partial charge in [0.1, 0.15) is 0 Å². The van der Waals surface area contributed by atoms with E-state index in [1.165, 1.54) is 11.8 Å². The van der Waals surface area contributed by atoms with Gasteiger partial charge in [-0.05, 0) is 36.6 Å². The first-order valence-corrected chi connectivity index (χ1v) is 9.95. The molecule has 140 valence electrons. The molecule has 7 heteroatoms. The largest absolute Gasteiger partial charge is 0.369 e. The Labute approximate surface area is 166 Å². The normalized spacial score (nSPS) is 12.2. The molecule has 0 bridgehead atoms. The first kappa shape index (κ1) is 19.5. The number of nitrogens with zero attached hydrogens (tertiary/aromatic N) is 2. The van der Waals surface area contributed by atoms with E-state index in [1.807, 2.05) is 37.3 Å². The first-order chi connectivity index (χ1) is 13.0. The second-order valence-corrected chi connectivity index (χ2v) is 7.82. The number of carbonyl (C=O) groups is 1. The SMILES string of the molecule is CCCn1c(SC(Cc2ccccc2)C(N)=O)nc2cc(Cl)ccc2c1=O. The molecule has 0 aliphatic carbocycles. The number of halogens is 1. The summed E-state index contributed by atoms with van der Waals surface area (Å²) >= 11 is 7.29. The van der Waals surface area contributed by atoms with Gasteiger partial charge in [0.05, 0.1) is 16.2 Å². The second-order valence-electron chi connectivity index (χ2n) is 6.21. The lowest BCUT2D eigenvalue weighted by Gasteiger charge is -2.17. The molecular weight excluding hydrogens is 382 g/mol. The van der Waals surface area contributed by atoms with Crippen LogP contribution in [-0.4, -0.2) is 20.7 Å². The van der Waals surface area contributed by atoms with Crippen LogP contribution in [0.5, 0.6) is 0 Å². The fourth-order valence-corrected chi connectivity index (χ4v) is 4.11. The number of amides is 1. The van der Waals surface area contributed by atoms with E-state index in [0.717, 1.165) is 12.0 Å². The summed E-state index contributed by atoms with van der Waals surface area (Å²) in [5, 5.41) is 0.973. The second kappa shape index (κ2) is 8.59. The minimum atomic E-state index is -0.529. The van der Waals surface area contributed by atoms with Crippen LogP contribution >= 0.6 is 23.4 Å². The van der Waals surface area contributed by atoms with E-state index in [0.29, 0.717) is 34.0 Å². The van der Waals surface area contributed by atoms with Gasteiger partial charge in [0.25, 0.3) is 5.56 Å². The van der Waals surface area contributed by atoms with Gasteiger partial charge in [0.15, 0.2) is 5.16 Å². The predicted octanol–water partition coefficient (Wildman–Crippen LogP) is 3.65. The summed E-state index contributed by atoms with van der Waals surface area (Å²) in [4.78, 5) is 29.6. The quantitative estimate of drug-likeness (QED) is 0.484. The Hall–Kier alpha value is -2.31. The summed E-state index contributed by atoms with van der Waals surface area (Å²) in [5.41, 5.74) is 7.02. The van der Waals surface area contributed by atoms with Gasteiger partial charge in [-0.2, -0.15) is 0 Å². The molecule has 1 unspecified atom stereocenters. The maximum atomic E-state index is 12.9. The first-order valence-electron chi connectivity index (χ1n) is 8.69. The van der Waals surface area contributed by atoms with Crippen molar-refractivity contribution in [2.45, 2.75) is 36.7 Å². The van der Waals surface area contributed by atoms with Crippen molar-refractivity contribution in [1.82, 2.24) is 9.55 Å². The van der Waals surface area contributed by atoms with Crippen molar-refractivity contribution in [3.8, 4) is 0 Å². The lowest BCUT2D eigenvalue weighted by molar-refractivity contribution is -0.117.